The van der Waals surface area contributed by atoms with Crippen LogP contribution in [0.5, 0.6) is 0 Å². The molecule has 0 radical (unpaired) electrons. The number of likely N-dealkylation sites (tertiary alicyclic amines) is 1. The summed E-state index contributed by atoms with van der Waals surface area (Å²) in [5, 5.41) is 0. The fourth-order valence-electron chi connectivity index (χ4n) is 3.63. The van der Waals surface area contributed by atoms with Gasteiger partial charge in [-0.3, -0.25) is 4.79 Å². The van der Waals surface area contributed by atoms with Gasteiger partial charge in [0.25, 0.3) is 5.91 Å². The predicted octanol–water partition coefficient (Wildman–Crippen LogP) is 4.27. The molecule has 0 aromatic heterocycles. The topological polar surface area (TPSA) is 46.6 Å². The van der Waals surface area contributed by atoms with Gasteiger partial charge in [0.05, 0.1) is 12.7 Å². The number of aryl methyl sites for hydroxylation is 2. The van der Waals surface area contributed by atoms with Crippen molar-refractivity contribution in [3.05, 3.63) is 70.8 Å². The lowest BCUT2D eigenvalue weighted by Gasteiger charge is -2.32. The van der Waals surface area contributed by atoms with Crippen LogP contribution in [-0.4, -0.2) is 37.0 Å². The van der Waals surface area contributed by atoms with Gasteiger partial charge >= 0.3 is 5.97 Å². The molecule has 0 bridgehead atoms. The molecule has 0 saturated carbocycles. The van der Waals surface area contributed by atoms with Crippen LogP contribution < -0.4 is 0 Å². The van der Waals surface area contributed by atoms with Crippen LogP contribution in [0.3, 0.4) is 0 Å². The number of rotatable bonds is 5. The first-order chi connectivity index (χ1) is 13.1. The molecule has 0 aliphatic carbocycles. The van der Waals surface area contributed by atoms with Gasteiger partial charge in [-0.15, -0.1) is 0 Å². The SMILES string of the molecule is COC(=O)c1cccc(C(=O)N2CCC(CCc3ccc(C)cc3)CC2)c1. The molecule has 1 saturated heterocycles. The monoisotopic (exact) mass is 365 g/mol. The van der Waals surface area contributed by atoms with Crippen molar-refractivity contribution >= 4 is 11.9 Å². The number of hydrogen-bond acceptors (Lipinski definition) is 3. The highest BCUT2D eigenvalue weighted by Crippen LogP contribution is 2.24. The summed E-state index contributed by atoms with van der Waals surface area (Å²) in [5.41, 5.74) is 3.65. The second kappa shape index (κ2) is 8.85. The highest BCUT2D eigenvalue weighted by atomic mass is 16.5. The molecule has 2 aromatic carbocycles. The number of nitrogens with zero attached hydrogens (tertiary/aromatic N) is 1. The van der Waals surface area contributed by atoms with E-state index in [9.17, 15) is 9.59 Å². The van der Waals surface area contributed by atoms with E-state index in [4.69, 9.17) is 4.74 Å². The van der Waals surface area contributed by atoms with Crippen LogP contribution in [0.25, 0.3) is 0 Å². The number of carbonyl (C=O) groups excluding carboxylic acids is 2. The standard InChI is InChI=1S/C23H27NO3/c1-17-6-8-18(9-7-17)10-11-19-12-14-24(15-13-19)22(25)20-4-3-5-21(16-20)23(26)27-2/h3-9,16,19H,10-15H2,1-2H3. The van der Waals surface area contributed by atoms with Crippen LogP contribution in [0, 0.1) is 12.8 Å². The number of hydrogen-bond donors (Lipinski definition) is 0. The van der Waals surface area contributed by atoms with Crippen LogP contribution in [0.15, 0.2) is 48.5 Å². The minimum atomic E-state index is -0.417. The molecule has 0 atom stereocenters. The number of methoxy groups -OCH3 is 1. The smallest absolute Gasteiger partial charge is 0.337 e. The molecule has 0 spiro atoms. The van der Waals surface area contributed by atoms with Crippen LogP contribution in [0.4, 0.5) is 0 Å². The van der Waals surface area contributed by atoms with Crippen LogP contribution in [0.1, 0.15) is 51.1 Å². The average molecular weight is 365 g/mol. The molecule has 2 aromatic rings. The Hall–Kier alpha value is -2.62. The minimum Gasteiger partial charge on any atom is -0.465 e. The van der Waals surface area contributed by atoms with Gasteiger partial charge in [-0.05, 0) is 62.3 Å². The molecule has 1 fully saturated rings. The molecule has 27 heavy (non-hydrogen) atoms. The summed E-state index contributed by atoms with van der Waals surface area (Å²) < 4.78 is 4.74. The maximum absolute atomic E-state index is 12.8. The predicted molar refractivity (Wildman–Crippen MR) is 106 cm³/mol. The van der Waals surface area contributed by atoms with Crippen molar-refractivity contribution in [2.75, 3.05) is 20.2 Å². The van der Waals surface area contributed by atoms with Crippen molar-refractivity contribution in [1.29, 1.82) is 0 Å². The fourth-order valence-corrected chi connectivity index (χ4v) is 3.63. The number of piperidine rings is 1. The molecule has 4 heteroatoms. The first-order valence-electron chi connectivity index (χ1n) is 9.60. The third kappa shape index (κ3) is 4.97. The third-order valence-corrected chi connectivity index (χ3v) is 5.39. The minimum absolute atomic E-state index is 0.00209. The molecule has 1 amide bonds. The van der Waals surface area contributed by atoms with Gasteiger partial charge in [-0.25, -0.2) is 4.79 Å². The summed E-state index contributed by atoms with van der Waals surface area (Å²) in [6, 6.07) is 15.5. The summed E-state index contributed by atoms with van der Waals surface area (Å²) in [5.74, 6) is 0.244. The van der Waals surface area contributed by atoms with E-state index in [-0.39, 0.29) is 5.91 Å². The van der Waals surface area contributed by atoms with E-state index in [1.807, 2.05) is 4.90 Å². The van der Waals surface area contributed by atoms with Crippen molar-refractivity contribution in [2.24, 2.45) is 5.92 Å². The molecule has 1 heterocycles. The molecular weight excluding hydrogens is 338 g/mol. The van der Waals surface area contributed by atoms with Gasteiger partial charge < -0.3 is 9.64 Å². The molecule has 0 unspecified atom stereocenters. The maximum atomic E-state index is 12.8. The lowest BCUT2D eigenvalue weighted by Crippen LogP contribution is -2.38. The van der Waals surface area contributed by atoms with E-state index in [1.54, 1.807) is 24.3 Å². The van der Waals surface area contributed by atoms with E-state index >= 15 is 0 Å². The Morgan fingerprint density at radius 3 is 2.37 bits per heavy atom. The van der Waals surface area contributed by atoms with Crippen molar-refractivity contribution in [1.82, 2.24) is 4.90 Å². The van der Waals surface area contributed by atoms with E-state index in [1.165, 1.54) is 24.7 Å². The second-order valence-electron chi connectivity index (χ2n) is 7.33. The summed E-state index contributed by atoms with van der Waals surface area (Å²) >= 11 is 0. The highest BCUT2D eigenvalue weighted by Gasteiger charge is 2.24. The number of amides is 1. The fraction of sp³-hybridized carbons (Fsp3) is 0.391. The number of carbonyl (C=O) groups is 2. The van der Waals surface area contributed by atoms with Crippen molar-refractivity contribution in [3.63, 3.8) is 0 Å². The van der Waals surface area contributed by atoms with Gasteiger partial charge in [0.2, 0.25) is 0 Å². The van der Waals surface area contributed by atoms with Gasteiger partial charge in [-0.1, -0.05) is 35.9 Å². The Labute approximate surface area is 161 Å². The molecule has 142 valence electrons. The molecular formula is C23H27NO3. The maximum Gasteiger partial charge on any atom is 0.337 e. The van der Waals surface area contributed by atoms with Crippen LogP contribution in [0.2, 0.25) is 0 Å². The van der Waals surface area contributed by atoms with Crippen molar-refractivity contribution < 1.29 is 14.3 Å². The molecule has 1 aliphatic heterocycles. The normalized spacial score (nSPS) is 14.8. The number of benzene rings is 2. The molecule has 3 rings (SSSR count). The largest absolute Gasteiger partial charge is 0.465 e. The average Bonchev–Trinajstić information content (AvgIpc) is 2.72. The van der Waals surface area contributed by atoms with E-state index < -0.39 is 5.97 Å². The van der Waals surface area contributed by atoms with Crippen LogP contribution >= 0.6 is 0 Å². The quantitative estimate of drug-likeness (QED) is 0.744. The third-order valence-electron chi connectivity index (χ3n) is 5.39. The Bertz CT molecular complexity index is 790. The lowest BCUT2D eigenvalue weighted by molar-refractivity contribution is 0.0600. The highest BCUT2D eigenvalue weighted by molar-refractivity contribution is 5.97. The number of ether oxygens (including phenoxy) is 1. The summed E-state index contributed by atoms with van der Waals surface area (Å²) in [6.07, 6.45) is 4.34. The lowest BCUT2D eigenvalue weighted by atomic mass is 9.90. The number of esters is 1. The van der Waals surface area contributed by atoms with E-state index in [0.29, 0.717) is 17.0 Å². The van der Waals surface area contributed by atoms with Crippen LogP contribution in [-0.2, 0) is 11.2 Å². The molecule has 1 aliphatic rings. The summed E-state index contributed by atoms with van der Waals surface area (Å²) in [7, 11) is 1.35. The Morgan fingerprint density at radius 2 is 1.70 bits per heavy atom. The van der Waals surface area contributed by atoms with Crippen molar-refractivity contribution in [2.45, 2.75) is 32.6 Å². The zero-order valence-corrected chi connectivity index (χ0v) is 16.1. The van der Waals surface area contributed by atoms with Gasteiger partial charge in [-0.2, -0.15) is 0 Å². The van der Waals surface area contributed by atoms with E-state index in [2.05, 4.69) is 31.2 Å². The zero-order chi connectivity index (χ0) is 19.2. The first-order valence-corrected chi connectivity index (χ1v) is 9.60. The van der Waals surface area contributed by atoms with Crippen molar-refractivity contribution in [3.8, 4) is 0 Å². The van der Waals surface area contributed by atoms with Gasteiger partial charge in [0, 0.05) is 18.7 Å². The van der Waals surface area contributed by atoms with E-state index in [0.717, 1.165) is 32.4 Å². The first kappa shape index (κ1) is 19.2. The van der Waals surface area contributed by atoms with Gasteiger partial charge in [0.15, 0.2) is 0 Å². The Balaban J connectivity index is 1.52. The summed E-state index contributed by atoms with van der Waals surface area (Å²) in [6.45, 7) is 3.66. The molecule has 0 N–H and O–H groups in total. The Kier molecular flexibility index (Phi) is 6.28. The van der Waals surface area contributed by atoms with Gasteiger partial charge in [0.1, 0.15) is 0 Å². The molecule has 4 nitrogen and oxygen atoms in total. The Morgan fingerprint density at radius 1 is 1.04 bits per heavy atom. The summed E-state index contributed by atoms with van der Waals surface area (Å²) in [4.78, 5) is 26.3. The second-order valence-corrected chi connectivity index (χ2v) is 7.33. The zero-order valence-electron chi connectivity index (χ0n) is 16.1.